The first-order valence-electron chi connectivity index (χ1n) is 10.4. The summed E-state index contributed by atoms with van der Waals surface area (Å²) in [4.78, 5) is 26.4. The zero-order valence-corrected chi connectivity index (χ0v) is 17.1. The van der Waals surface area contributed by atoms with Crippen molar-refractivity contribution in [2.24, 2.45) is 11.8 Å². The molecule has 0 aliphatic carbocycles. The van der Waals surface area contributed by atoms with Gasteiger partial charge in [0.15, 0.2) is 0 Å². The van der Waals surface area contributed by atoms with E-state index < -0.39 is 12.1 Å². The molecule has 2 rings (SSSR count). The number of carbonyl (C=O) groups excluding carboxylic acids is 2. The summed E-state index contributed by atoms with van der Waals surface area (Å²) in [5, 5.41) is 12.1. The molecule has 1 aromatic carbocycles. The topological polar surface area (TPSA) is 78.9 Å². The van der Waals surface area contributed by atoms with E-state index in [4.69, 9.17) is 4.74 Å². The normalized spacial score (nSPS) is 17.0. The second kappa shape index (κ2) is 11.7. The summed E-state index contributed by atoms with van der Waals surface area (Å²) < 4.78 is 5.16. The van der Waals surface area contributed by atoms with Crippen LogP contribution in [0.1, 0.15) is 51.5 Å². The molecule has 0 spiro atoms. The van der Waals surface area contributed by atoms with Gasteiger partial charge in [-0.1, -0.05) is 57.0 Å². The molecule has 0 aromatic heterocycles. The van der Waals surface area contributed by atoms with E-state index in [-0.39, 0.29) is 25.5 Å². The van der Waals surface area contributed by atoms with E-state index in [0.717, 1.165) is 31.5 Å². The van der Waals surface area contributed by atoms with Crippen LogP contribution < -0.4 is 5.32 Å². The molecular weight excluding hydrogens is 356 g/mol. The number of piperidine rings is 1. The van der Waals surface area contributed by atoms with Crippen molar-refractivity contribution < 1.29 is 19.4 Å². The number of ether oxygens (including phenoxy) is 1. The first kappa shape index (κ1) is 22.2. The van der Waals surface area contributed by atoms with Gasteiger partial charge in [-0.25, -0.2) is 4.79 Å². The maximum Gasteiger partial charge on any atom is 0.407 e. The highest BCUT2D eigenvalue weighted by molar-refractivity contribution is 5.78. The van der Waals surface area contributed by atoms with Crippen molar-refractivity contribution in [3.05, 3.63) is 35.9 Å². The number of hydrogen-bond donors (Lipinski definition) is 2. The van der Waals surface area contributed by atoms with Gasteiger partial charge >= 0.3 is 6.09 Å². The van der Waals surface area contributed by atoms with Crippen molar-refractivity contribution in [2.45, 2.75) is 58.6 Å². The predicted molar refractivity (Wildman–Crippen MR) is 109 cm³/mol. The number of hydrogen-bond acceptors (Lipinski definition) is 4. The Balaban J connectivity index is 1.73. The van der Waals surface area contributed by atoms with E-state index >= 15 is 0 Å². The number of alkyl carbamates (subject to hydrolysis) is 1. The fraction of sp³-hybridized carbons (Fsp3) is 0.636. The predicted octanol–water partition coefficient (Wildman–Crippen LogP) is 3.34. The maximum atomic E-state index is 12.6. The van der Waals surface area contributed by atoms with Crippen LogP contribution in [0.25, 0.3) is 0 Å². The van der Waals surface area contributed by atoms with E-state index in [1.165, 1.54) is 12.8 Å². The van der Waals surface area contributed by atoms with Crippen LogP contribution in [0.2, 0.25) is 0 Å². The van der Waals surface area contributed by atoms with Gasteiger partial charge in [0.05, 0.1) is 12.6 Å². The average molecular weight is 391 g/mol. The molecule has 2 N–H and O–H groups in total. The highest BCUT2D eigenvalue weighted by atomic mass is 16.5. The minimum absolute atomic E-state index is 0.0241. The Morgan fingerprint density at radius 1 is 1.25 bits per heavy atom. The molecule has 0 bridgehead atoms. The van der Waals surface area contributed by atoms with Crippen LogP contribution in [-0.2, 0) is 16.1 Å². The average Bonchev–Trinajstić information content (AvgIpc) is 2.72. The number of nitrogens with one attached hydrogen (secondary N) is 1. The Bertz CT molecular complexity index is 600. The third-order valence-electron chi connectivity index (χ3n) is 5.62. The number of nitrogens with zero attached hydrogens (tertiary/aromatic N) is 1. The molecule has 0 radical (unpaired) electrons. The summed E-state index contributed by atoms with van der Waals surface area (Å²) in [6.07, 6.45) is 3.96. The molecule has 156 valence electrons. The number of amides is 2. The molecule has 0 saturated carbocycles. The number of benzene rings is 1. The Labute approximate surface area is 168 Å². The summed E-state index contributed by atoms with van der Waals surface area (Å²) in [7, 11) is 0. The quantitative estimate of drug-likeness (QED) is 0.678. The van der Waals surface area contributed by atoms with Gasteiger partial charge in [-0.2, -0.15) is 0 Å². The molecule has 6 heteroatoms. The fourth-order valence-electron chi connectivity index (χ4n) is 3.84. The smallest absolute Gasteiger partial charge is 0.407 e. The third-order valence-corrected chi connectivity index (χ3v) is 5.62. The molecule has 1 aromatic rings. The fourth-order valence-corrected chi connectivity index (χ4v) is 3.84. The molecule has 1 heterocycles. The lowest BCUT2D eigenvalue weighted by molar-refractivity contribution is -0.133. The van der Waals surface area contributed by atoms with Gasteiger partial charge in [-0.15, -0.1) is 0 Å². The van der Waals surface area contributed by atoms with Crippen molar-refractivity contribution in [1.29, 1.82) is 0 Å². The van der Waals surface area contributed by atoms with Crippen molar-refractivity contribution in [3.8, 4) is 0 Å². The lowest BCUT2D eigenvalue weighted by Crippen LogP contribution is -2.45. The molecule has 2 atom stereocenters. The van der Waals surface area contributed by atoms with Crippen molar-refractivity contribution in [2.75, 3.05) is 19.7 Å². The Kier molecular flexibility index (Phi) is 9.28. The molecule has 1 aliphatic rings. The molecule has 1 unspecified atom stereocenters. The molecule has 1 fully saturated rings. The third kappa shape index (κ3) is 7.15. The maximum absolute atomic E-state index is 12.6. The van der Waals surface area contributed by atoms with Crippen LogP contribution in [0.5, 0.6) is 0 Å². The summed E-state index contributed by atoms with van der Waals surface area (Å²) in [5.74, 6) is 1.36. The highest BCUT2D eigenvalue weighted by Gasteiger charge is 2.27. The minimum atomic E-state index is -0.632. The summed E-state index contributed by atoms with van der Waals surface area (Å²) in [6, 6.07) is 8.74. The monoisotopic (exact) mass is 390 g/mol. The Morgan fingerprint density at radius 3 is 2.54 bits per heavy atom. The molecule has 1 saturated heterocycles. The van der Waals surface area contributed by atoms with E-state index in [2.05, 4.69) is 19.2 Å². The van der Waals surface area contributed by atoms with Crippen molar-refractivity contribution in [1.82, 2.24) is 10.2 Å². The van der Waals surface area contributed by atoms with Crippen LogP contribution in [0.4, 0.5) is 4.79 Å². The summed E-state index contributed by atoms with van der Waals surface area (Å²) in [5.41, 5.74) is 0.884. The SMILES string of the molecule is CCCC(C)C1CCN(C(=O)C[C@H](CO)NC(=O)OCc2ccccc2)CC1. The largest absolute Gasteiger partial charge is 0.445 e. The molecular formula is C22H34N2O4. The van der Waals surface area contributed by atoms with Gasteiger partial charge in [0.2, 0.25) is 5.91 Å². The second-order valence-corrected chi connectivity index (χ2v) is 7.77. The van der Waals surface area contributed by atoms with Crippen molar-refractivity contribution >= 4 is 12.0 Å². The van der Waals surface area contributed by atoms with Crippen LogP contribution >= 0.6 is 0 Å². The van der Waals surface area contributed by atoms with Crippen molar-refractivity contribution in [3.63, 3.8) is 0 Å². The van der Waals surface area contributed by atoms with Crippen LogP contribution in [0, 0.1) is 11.8 Å². The van der Waals surface area contributed by atoms with Gasteiger partial charge in [0, 0.05) is 19.5 Å². The number of likely N-dealkylation sites (tertiary alicyclic amines) is 1. The zero-order valence-electron chi connectivity index (χ0n) is 17.1. The zero-order chi connectivity index (χ0) is 20.4. The number of carbonyl (C=O) groups is 2. The number of aliphatic hydroxyl groups is 1. The summed E-state index contributed by atoms with van der Waals surface area (Å²) in [6.45, 7) is 5.89. The van der Waals surface area contributed by atoms with Gasteiger partial charge < -0.3 is 20.1 Å². The van der Waals surface area contributed by atoms with Gasteiger partial charge in [-0.05, 0) is 30.2 Å². The molecule has 2 amide bonds. The first-order chi connectivity index (χ1) is 13.5. The minimum Gasteiger partial charge on any atom is -0.445 e. The second-order valence-electron chi connectivity index (χ2n) is 7.77. The number of aliphatic hydroxyl groups excluding tert-OH is 1. The van der Waals surface area contributed by atoms with E-state index in [1.54, 1.807) is 0 Å². The lowest BCUT2D eigenvalue weighted by atomic mass is 9.83. The van der Waals surface area contributed by atoms with E-state index in [0.29, 0.717) is 11.8 Å². The van der Waals surface area contributed by atoms with E-state index in [9.17, 15) is 14.7 Å². The van der Waals surface area contributed by atoms with Gasteiger partial charge in [-0.3, -0.25) is 4.79 Å². The van der Waals surface area contributed by atoms with Crippen LogP contribution in [0.15, 0.2) is 30.3 Å². The van der Waals surface area contributed by atoms with Gasteiger partial charge in [0.25, 0.3) is 0 Å². The van der Waals surface area contributed by atoms with Crippen LogP contribution in [-0.4, -0.2) is 47.7 Å². The van der Waals surface area contributed by atoms with E-state index in [1.807, 2.05) is 35.2 Å². The highest BCUT2D eigenvalue weighted by Crippen LogP contribution is 2.28. The molecule has 6 nitrogen and oxygen atoms in total. The standard InChI is InChI=1S/C22H34N2O4/c1-3-7-17(2)19-10-12-24(13-11-19)21(26)14-20(15-25)23-22(27)28-16-18-8-5-4-6-9-18/h4-6,8-9,17,19-20,25H,3,7,10-16H2,1-2H3,(H,23,27)/t17?,20-/m1/s1. The lowest BCUT2D eigenvalue weighted by Gasteiger charge is -2.35. The van der Waals surface area contributed by atoms with Crippen LogP contribution in [0.3, 0.4) is 0 Å². The summed E-state index contributed by atoms with van der Waals surface area (Å²) >= 11 is 0. The molecule has 28 heavy (non-hydrogen) atoms. The van der Waals surface area contributed by atoms with Gasteiger partial charge in [0.1, 0.15) is 6.61 Å². The first-order valence-corrected chi connectivity index (χ1v) is 10.4. The number of rotatable bonds is 9. The Hall–Kier alpha value is -2.08. The molecule has 1 aliphatic heterocycles. The Morgan fingerprint density at radius 2 is 1.93 bits per heavy atom.